The van der Waals surface area contributed by atoms with Crippen LogP contribution in [0.1, 0.15) is 33.6 Å². The van der Waals surface area contributed by atoms with Crippen LogP contribution in [0.4, 0.5) is 0 Å². The standard InChI is InChI=1S/C13H24N2O4S/c1-5-9(2)12-13(17)15(7-6-11(16)14-12)10(3)8-20(4,18)19/h9-10,12H,5-8H2,1-4H3,(H,14,16). The monoisotopic (exact) mass is 304 g/mol. The molecule has 20 heavy (non-hydrogen) atoms. The summed E-state index contributed by atoms with van der Waals surface area (Å²) in [6, 6.07) is -0.978. The molecule has 116 valence electrons. The maximum absolute atomic E-state index is 12.5. The summed E-state index contributed by atoms with van der Waals surface area (Å²) in [5, 5.41) is 2.75. The first-order valence-corrected chi connectivity index (χ1v) is 8.99. The number of carbonyl (C=O) groups is 2. The molecular weight excluding hydrogens is 280 g/mol. The Kier molecular flexibility index (Phi) is 5.56. The molecule has 2 amide bonds. The lowest BCUT2D eigenvalue weighted by Crippen LogP contribution is -2.51. The maximum atomic E-state index is 12.5. The Bertz CT molecular complexity index is 475. The SMILES string of the molecule is CCC(C)C1NC(=O)CCN(C(C)CS(C)(=O)=O)C1=O. The van der Waals surface area contributed by atoms with Gasteiger partial charge in [-0.05, 0) is 12.8 Å². The molecule has 7 heteroatoms. The van der Waals surface area contributed by atoms with Gasteiger partial charge in [0.2, 0.25) is 11.8 Å². The second-order valence-electron chi connectivity index (χ2n) is 5.65. The van der Waals surface area contributed by atoms with Crippen molar-refractivity contribution < 1.29 is 18.0 Å². The lowest BCUT2D eigenvalue weighted by atomic mass is 9.98. The van der Waals surface area contributed by atoms with Gasteiger partial charge in [0.15, 0.2) is 0 Å². The normalized spacial score (nSPS) is 24.0. The molecule has 1 saturated heterocycles. The van der Waals surface area contributed by atoms with Crippen LogP contribution in [0.2, 0.25) is 0 Å². The third-order valence-electron chi connectivity index (χ3n) is 3.73. The van der Waals surface area contributed by atoms with Gasteiger partial charge < -0.3 is 10.2 Å². The van der Waals surface area contributed by atoms with Crippen molar-refractivity contribution in [2.24, 2.45) is 5.92 Å². The summed E-state index contributed by atoms with van der Waals surface area (Å²) in [4.78, 5) is 25.8. The van der Waals surface area contributed by atoms with Crippen molar-refractivity contribution in [2.75, 3.05) is 18.6 Å². The van der Waals surface area contributed by atoms with Crippen molar-refractivity contribution in [2.45, 2.75) is 45.7 Å². The molecule has 0 radical (unpaired) electrons. The average Bonchev–Trinajstić information content (AvgIpc) is 2.46. The smallest absolute Gasteiger partial charge is 0.245 e. The molecule has 0 aromatic rings. The van der Waals surface area contributed by atoms with Crippen LogP contribution >= 0.6 is 0 Å². The molecule has 3 unspecified atom stereocenters. The molecule has 1 aliphatic rings. The number of rotatable bonds is 5. The Morgan fingerprint density at radius 3 is 2.45 bits per heavy atom. The Labute approximate surface area is 120 Å². The Morgan fingerprint density at radius 2 is 1.95 bits per heavy atom. The molecule has 0 bridgehead atoms. The van der Waals surface area contributed by atoms with Crippen LogP contribution in [0.25, 0.3) is 0 Å². The second-order valence-corrected chi connectivity index (χ2v) is 7.84. The highest BCUT2D eigenvalue weighted by atomic mass is 32.2. The van der Waals surface area contributed by atoms with Gasteiger partial charge in [-0.15, -0.1) is 0 Å². The van der Waals surface area contributed by atoms with Crippen LogP contribution in [0.3, 0.4) is 0 Å². The summed E-state index contributed by atoms with van der Waals surface area (Å²) >= 11 is 0. The molecule has 1 fully saturated rings. The van der Waals surface area contributed by atoms with Crippen molar-refractivity contribution in [1.82, 2.24) is 10.2 Å². The van der Waals surface area contributed by atoms with Gasteiger partial charge in [-0.1, -0.05) is 20.3 Å². The predicted molar refractivity (Wildman–Crippen MR) is 76.9 cm³/mol. The number of sulfone groups is 1. The summed E-state index contributed by atoms with van der Waals surface area (Å²) in [5.74, 6) is -0.392. The van der Waals surface area contributed by atoms with E-state index in [9.17, 15) is 18.0 Å². The fourth-order valence-corrected chi connectivity index (χ4v) is 3.46. The van der Waals surface area contributed by atoms with E-state index < -0.39 is 21.9 Å². The van der Waals surface area contributed by atoms with E-state index in [1.165, 1.54) is 4.90 Å². The van der Waals surface area contributed by atoms with Crippen molar-refractivity contribution in [3.05, 3.63) is 0 Å². The number of nitrogens with zero attached hydrogens (tertiary/aromatic N) is 1. The van der Waals surface area contributed by atoms with Crippen LogP contribution in [0.15, 0.2) is 0 Å². The molecular formula is C13H24N2O4S. The first kappa shape index (κ1) is 16.9. The highest BCUT2D eigenvalue weighted by Gasteiger charge is 2.35. The van der Waals surface area contributed by atoms with Crippen LogP contribution in [-0.4, -0.2) is 55.8 Å². The van der Waals surface area contributed by atoms with E-state index in [1.807, 2.05) is 13.8 Å². The van der Waals surface area contributed by atoms with Gasteiger partial charge in [0.1, 0.15) is 15.9 Å². The zero-order valence-electron chi connectivity index (χ0n) is 12.5. The largest absolute Gasteiger partial charge is 0.344 e. The van der Waals surface area contributed by atoms with E-state index in [1.54, 1.807) is 6.92 Å². The average molecular weight is 304 g/mol. The highest BCUT2D eigenvalue weighted by molar-refractivity contribution is 7.90. The van der Waals surface area contributed by atoms with Crippen molar-refractivity contribution in [1.29, 1.82) is 0 Å². The molecule has 0 saturated carbocycles. The van der Waals surface area contributed by atoms with Crippen LogP contribution in [-0.2, 0) is 19.4 Å². The number of hydrogen-bond donors (Lipinski definition) is 1. The Morgan fingerprint density at radius 1 is 1.35 bits per heavy atom. The molecule has 6 nitrogen and oxygen atoms in total. The third-order valence-corrected chi connectivity index (χ3v) is 4.82. The summed E-state index contributed by atoms with van der Waals surface area (Å²) in [6.45, 7) is 5.85. The quantitative estimate of drug-likeness (QED) is 0.785. The molecule has 0 spiro atoms. The summed E-state index contributed by atoms with van der Waals surface area (Å²) in [7, 11) is -3.16. The second kappa shape index (κ2) is 6.56. The van der Waals surface area contributed by atoms with E-state index in [0.717, 1.165) is 12.7 Å². The lowest BCUT2D eigenvalue weighted by molar-refractivity contribution is -0.136. The minimum atomic E-state index is -3.16. The molecule has 3 atom stereocenters. The fraction of sp³-hybridized carbons (Fsp3) is 0.846. The predicted octanol–water partition coefficient (Wildman–Crippen LogP) is 0.183. The number of nitrogens with one attached hydrogen (secondary N) is 1. The molecule has 1 N–H and O–H groups in total. The topological polar surface area (TPSA) is 83.6 Å². The van der Waals surface area contributed by atoms with E-state index in [4.69, 9.17) is 0 Å². The first-order chi connectivity index (χ1) is 9.15. The molecule has 1 heterocycles. The summed E-state index contributed by atoms with van der Waals surface area (Å²) in [5.41, 5.74) is 0. The zero-order chi connectivity index (χ0) is 15.5. The first-order valence-electron chi connectivity index (χ1n) is 6.93. The van der Waals surface area contributed by atoms with E-state index in [0.29, 0.717) is 0 Å². The van der Waals surface area contributed by atoms with Gasteiger partial charge in [-0.3, -0.25) is 9.59 Å². The minimum absolute atomic E-state index is 0.0254. The summed E-state index contributed by atoms with van der Waals surface area (Å²) in [6.07, 6.45) is 2.14. The van der Waals surface area contributed by atoms with Crippen molar-refractivity contribution in [3.63, 3.8) is 0 Å². The molecule has 1 aliphatic heterocycles. The number of hydrogen-bond acceptors (Lipinski definition) is 4. The van der Waals surface area contributed by atoms with Gasteiger partial charge >= 0.3 is 0 Å². The Balaban J connectivity index is 2.94. The molecule has 0 aromatic heterocycles. The third kappa shape index (κ3) is 4.47. The maximum Gasteiger partial charge on any atom is 0.245 e. The van der Waals surface area contributed by atoms with Crippen LogP contribution < -0.4 is 5.32 Å². The van der Waals surface area contributed by atoms with Gasteiger partial charge in [-0.2, -0.15) is 0 Å². The molecule has 1 rings (SSSR count). The highest BCUT2D eigenvalue weighted by Crippen LogP contribution is 2.16. The minimum Gasteiger partial charge on any atom is -0.344 e. The van der Waals surface area contributed by atoms with Crippen molar-refractivity contribution in [3.8, 4) is 0 Å². The zero-order valence-corrected chi connectivity index (χ0v) is 13.4. The van der Waals surface area contributed by atoms with E-state index in [2.05, 4.69) is 5.32 Å². The molecule has 0 aliphatic carbocycles. The van der Waals surface area contributed by atoms with Gasteiger partial charge in [0, 0.05) is 25.3 Å². The Hall–Kier alpha value is -1.11. The molecule has 0 aromatic carbocycles. The number of carbonyl (C=O) groups excluding carboxylic acids is 2. The van der Waals surface area contributed by atoms with E-state index in [-0.39, 0.29) is 36.5 Å². The van der Waals surface area contributed by atoms with Crippen LogP contribution in [0.5, 0.6) is 0 Å². The summed E-state index contributed by atoms with van der Waals surface area (Å²) < 4.78 is 22.8. The lowest BCUT2D eigenvalue weighted by Gasteiger charge is -2.31. The van der Waals surface area contributed by atoms with Crippen LogP contribution in [0, 0.1) is 5.92 Å². The fourth-order valence-electron chi connectivity index (χ4n) is 2.41. The number of amides is 2. The van der Waals surface area contributed by atoms with Gasteiger partial charge in [0.25, 0.3) is 0 Å². The van der Waals surface area contributed by atoms with Gasteiger partial charge in [0.05, 0.1) is 5.75 Å². The van der Waals surface area contributed by atoms with Gasteiger partial charge in [-0.25, -0.2) is 8.42 Å². The van der Waals surface area contributed by atoms with Crippen molar-refractivity contribution >= 4 is 21.7 Å². The van der Waals surface area contributed by atoms with E-state index >= 15 is 0 Å².